The summed E-state index contributed by atoms with van der Waals surface area (Å²) < 4.78 is 1.76. The Morgan fingerprint density at radius 1 is 1.41 bits per heavy atom. The highest BCUT2D eigenvalue weighted by atomic mass is 32.1. The average molecular weight is 317 g/mol. The normalized spacial score (nSPS) is 17.0. The maximum atomic E-state index is 4.66. The minimum Gasteiger partial charge on any atom is -0.367 e. The number of nitrogens with one attached hydrogen (secondary N) is 1. The maximum absolute atomic E-state index is 4.66. The first-order chi connectivity index (χ1) is 10.7. The highest BCUT2D eigenvalue weighted by Gasteiger charge is 2.24. The fourth-order valence-corrected chi connectivity index (χ4v) is 4.26. The summed E-state index contributed by atoms with van der Waals surface area (Å²) in [6.45, 7) is 6.41. The van der Waals surface area contributed by atoms with Gasteiger partial charge in [0.1, 0.15) is 10.6 Å². The second-order valence-electron chi connectivity index (χ2n) is 5.98. The lowest BCUT2D eigenvalue weighted by Gasteiger charge is -2.22. The number of likely N-dealkylation sites (N-methyl/N-ethyl adjacent to an activating group) is 1. The summed E-state index contributed by atoms with van der Waals surface area (Å²) in [7, 11) is 2.16. The molecule has 4 heterocycles. The van der Waals surface area contributed by atoms with Crippen molar-refractivity contribution in [3.05, 3.63) is 10.4 Å². The molecular weight excluding hydrogens is 298 g/mol. The Labute approximate surface area is 132 Å². The van der Waals surface area contributed by atoms with Crippen LogP contribution in [0.2, 0.25) is 0 Å². The summed E-state index contributed by atoms with van der Waals surface area (Å²) in [5, 5.41) is 16.7. The zero-order valence-electron chi connectivity index (χ0n) is 13.0. The van der Waals surface area contributed by atoms with Crippen molar-refractivity contribution >= 4 is 33.1 Å². The molecule has 0 fully saturated rings. The van der Waals surface area contributed by atoms with Crippen molar-refractivity contribution in [1.29, 1.82) is 0 Å². The average Bonchev–Trinajstić information content (AvgIpc) is 3.10. The van der Waals surface area contributed by atoms with E-state index in [4.69, 9.17) is 0 Å². The molecule has 0 unspecified atom stereocenters. The van der Waals surface area contributed by atoms with Gasteiger partial charge in [-0.3, -0.25) is 0 Å². The van der Waals surface area contributed by atoms with Crippen molar-refractivity contribution in [2.75, 3.05) is 18.9 Å². The van der Waals surface area contributed by atoms with Gasteiger partial charge in [0.05, 0.1) is 5.39 Å². The predicted octanol–water partition coefficient (Wildman–Crippen LogP) is 1.93. The standard InChI is InChI=1S/C14H19N7S/c1-4-8(2)15-12-11-9-5-6-20(3)7-10(9)22-13(11)21-14(16-12)17-18-19-21/h8H,4-7H2,1-3H3,(H,15,16,17,19)/t8-/m1/s1. The third kappa shape index (κ3) is 2.05. The Kier molecular flexibility index (Phi) is 3.23. The van der Waals surface area contributed by atoms with E-state index in [1.165, 1.54) is 15.8 Å². The molecule has 1 atom stereocenters. The number of nitrogens with zero attached hydrogens (tertiary/aromatic N) is 6. The van der Waals surface area contributed by atoms with E-state index in [0.29, 0.717) is 11.8 Å². The van der Waals surface area contributed by atoms with Gasteiger partial charge < -0.3 is 10.2 Å². The number of fused-ring (bicyclic) bond motifs is 5. The monoisotopic (exact) mass is 317 g/mol. The number of hydrogen-bond donors (Lipinski definition) is 1. The van der Waals surface area contributed by atoms with Crippen LogP contribution in [0.5, 0.6) is 0 Å². The molecule has 0 radical (unpaired) electrons. The maximum Gasteiger partial charge on any atom is 0.276 e. The number of anilines is 1. The van der Waals surface area contributed by atoms with Gasteiger partial charge >= 0.3 is 0 Å². The molecule has 0 bridgehead atoms. The van der Waals surface area contributed by atoms with Crippen LogP contribution in [0.1, 0.15) is 30.7 Å². The summed E-state index contributed by atoms with van der Waals surface area (Å²) in [4.78, 5) is 9.51. The van der Waals surface area contributed by atoms with Crippen molar-refractivity contribution in [2.45, 2.75) is 39.3 Å². The summed E-state index contributed by atoms with van der Waals surface area (Å²) in [5.41, 5.74) is 1.41. The van der Waals surface area contributed by atoms with Crippen LogP contribution >= 0.6 is 11.3 Å². The Morgan fingerprint density at radius 2 is 2.27 bits per heavy atom. The predicted molar refractivity (Wildman–Crippen MR) is 87.4 cm³/mol. The van der Waals surface area contributed by atoms with Crippen LogP contribution in [0.3, 0.4) is 0 Å². The fourth-order valence-electron chi connectivity index (χ4n) is 2.89. The van der Waals surface area contributed by atoms with Gasteiger partial charge in [-0.2, -0.15) is 9.50 Å². The van der Waals surface area contributed by atoms with Crippen molar-refractivity contribution in [1.82, 2.24) is 29.9 Å². The van der Waals surface area contributed by atoms with E-state index in [2.05, 4.69) is 51.6 Å². The Hall–Kier alpha value is -1.80. The molecule has 3 aromatic heterocycles. The van der Waals surface area contributed by atoms with Crippen LogP contribution in [0.25, 0.3) is 16.0 Å². The Bertz CT molecular complexity index is 837. The molecule has 0 spiro atoms. The van der Waals surface area contributed by atoms with Crippen LogP contribution < -0.4 is 5.32 Å². The highest BCUT2D eigenvalue weighted by Crippen LogP contribution is 2.38. The summed E-state index contributed by atoms with van der Waals surface area (Å²) >= 11 is 1.79. The first kappa shape index (κ1) is 13.8. The molecule has 0 saturated heterocycles. The quantitative estimate of drug-likeness (QED) is 0.796. The largest absolute Gasteiger partial charge is 0.367 e. The minimum atomic E-state index is 0.371. The topological polar surface area (TPSA) is 71.2 Å². The number of rotatable bonds is 3. The van der Waals surface area contributed by atoms with Gasteiger partial charge in [0.15, 0.2) is 0 Å². The van der Waals surface area contributed by atoms with Crippen molar-refractivity contribution < 1.29 is 0 Å². The molecule has 1 aliphatic heterocycles. The van der Waals surface area contributed by atoms with E-state index in [0.717, 1.165) is 36.6 Å². The number of hydrogen-bond acceptors (Lipinski definition) is 7. The van der Waals surface area contributed by atoms with Gasteiger partial charge in [-0.05, 0) is 42.8 Å². The molecule has 1 aliphatic rings. The first-order valence-corrected chi connectivity index (χ1v) is 8.46. The lowest BCUT2D eigenvalue weighted by atomic mass is 10.1. The van der Waals surface area contributed by atoms with Gasteiger partial charge in [0, 0.05) is 24.0 Å². The third-order valence-electron chi connectivity index (χ3n) is 4.32. The van der Waals surface area contributed by atoms with Crippen LogP contribution in [0.4, 0.5) is 5.82 Å². The zero-order valence-corrected chi connectivity index (χ0v) is 13.8. The third-order valence-corrected chi connectivity index (χ3v) is 5.51. The van der Waals surface area contributed by atoms with Gasteiger partial charge in [0.2, 0.25) is 0 Å². The molecule has 0 amide bonds. The fraction of sp³-hybridized carbons (Fsp3) is 0.571. The Balaban J connectivity index is 1.99. The number of thiophene rings is 1. The van der Waals surface area contributed by atoms with Crippen LogP contribution in [-0.2, 0) is 13.0 Å². The number of tetrazole rings is 1. The first-order valence-electron chi connectivity index (χ1n) is 7.64. The molecule has 8 heteroatoms. The van der Waals surface area contributed by atoms with Crippen LogP contribution in [-0.4, -0.2) is 49.6 Å². The smallest absolute Gasteiger partial charge is 0.276 e. The molecule has 0 aromatic carbocycles. The van der Waals surface area contributed by atoms with Gasteiger partial charge in [-0.25, -0.2) is 0 Å². The SMILES string of the molecule is CC[C@@H](C)Nc1nc2nnnn2c2sc3c(c12)CCN(C)C3. The molecule has 4 rings (SSSR count). The van der Waals surface area contributed by atoms with Crippen LogP contribution in [0.15, 0.2) is 0 Å². The molecule has 0 saturated carbocycles. The molecule has 3 aromatic rings. The van der Waals surface area contributed by atoms with Crippen molar-refractivity contribution in [3.8, 4) is 0 Å². The van der Waals surface area contributed by atoms with E-state index < -0.39 is 0 Å². The highest BCUT2D eigenvalue weighted by molar-refractivity contribution is 7.19. The second-order valence-corrected chi connectivity index (χ2v) is 7.06. The van der Waals surface area contributed by atoms with Gasteiger partial charge in [-0.1, -0.05) is 12.0 Å². The van der Waals surface area contributed by atoms with Gasteiger partial charge in [-0.15, -0.1) is 11.3 Å². The zero-order chi connectivity index (χ0) is 15.3. The molecule has 1 N–H and O–H groups in total. The van der Waals surface area contributed by atoms with E-state index in [-0.39, 0.29) is 0 Å². The lowest BCUT2D eigenvalue weighted by Crippen LogP contribution is -2.25. The Morgan fingerprint density at radius 3 is 3.09 bits per heavy atom. The van der Waals surface area contributed by atoms with Crippen LogP contribution in [0, 0.1) is 0 Å². The molecular formula is C14H19N7S. The van der Waals surface area contributed by atoms with Crippen molar-refractivity contribution in [2.24, 2.45) is 0 Å². The van der Waals surface area contributed by atoms with E-state index in [1.54, 1.807) is 15.9 Å². The minimum absolute atomic E-state index is 0.371. The summed E-state index contributed by atoms with van der Waals surface area (Å²) in [6.07, 6.45) is 2.10. The van der Waals surface area contributed by atoms with Gasteiger partial charge in [0.25, 0.3) is 5.78 Å². The van der Waals surface area contributed by atoms with E-state index >= 15 is 0 Å². The summed E-state index contributed by atoms with van der Waals surface area (Å²) in [6, 6.07) is 0.371. The summed E-state index contributed by atoms with van der Waals surface area (Å²) in [5.74, 6) is 1.49. The molecule has 0 aliphatic carbocycles. The molecule has 116 valence electrons. The molecule has 7 nitrogen and oxygen atoms in total. The van der Waals surface area contributed by atoms with E-state index in [1.807, 2.05) is 0 Å². The van der Waals surface area contributed by atoms with E-state index in [9.17, 15) is 0 Å². The lowest BCUT2D eigenvalue weighted by molar-refractivity contribution is 0.318. The van der Waals surface area contributed by atoms with Crippen molar-refractivity contribution in [3.63, 3.8) is 0 Å². The number of aromatic nitrogens is 5. The second kappa shape index (κ2) is 5.13. The molecule has 22 heavy (non-hydrogen) atoms.